The highest BCUT2D eigenvalue weighted by Gasteiger charge is 2.42. The second kappa shape index (κ2) is 3.10. The van der Waals surface area contributed by atoms with Crippen LogP contribution in [-0.4, -0.2) is 0 Å². The summed E-state index contributed by atoms with van der Waals surface area (Å²) >= 11 is 3.73. The maximum Gasteiger partial charge on any atom is 0.0215 e. The second-order valence-corrected chi connectivity index (χ2v) is 5.62. The minimum absolute atomic E-state index is 0.577. The van der Waals surface area contributed by atoms with Gasteiger partial charge < -0.3 is 0 Å². The van der Waals surface area contributed by atoms with E-state index in [4.69, 9.17) is 0 Å². The standard InChI is InChI=1S/C13H15Br/c14-11-6-1-4-10-5-2-7-13(12(10)11)8-3-9-13/h1,4,6H,2-3,5,7-9H2. The summed E-state index contributed by atoms with van der Waals surface area (Å²) in [6.45, 7) is 0. The SMILES string of the molecule is Brc1cccc2c1C1(CCC2)CCC1. The Morgan fingerprint density at radius 2 is 1.86 bits per heavy atom. The van der Waals surface area contributed by atoms with Gasteiger partial charge in [-0.15, -0.1) is 0 Å². The Labute approximate surface area is 93.8 Å². The summed E-state index contributed by atoms with van der Waals surface area (Å²) in [5.41, 5.74) is 3.83. The average molecular weight is 251 g/mol. The Morgan fingerprint density at radius 3 is 2.57 bits per heavy atom. The number of aryl methyl sites for hydroxylation is 1. The van der Waals surface area contributed by atoms with E-state index in [1.807, 2.05) is 0 Å². The molecule has 3 rings (SSSR count). The van der Waals surface area contributed by atoms with Crippen molar-refractivity contribution in [1.29, 1.82) is 0 Å². The van der Waals surface area contributed by atoms with E-state index < -0.39 is 0 Å². The summed E-state index contributed by atoms with van der Waals surface area (Å²) in [5.74, 6) is 0. The normalized spacial score (nSPS) is 22.9. The Bertz CT molecular complexity index is 363. The molecule has 0 saturated heterocycles. The lowest BCUT2D eigenvalue weighted by atomic mass is 9.58. The first kappa shape index (κ1) is 8.96. The maximum atomic E-state index is 3.73. The molecule has 0 bridgehead atoms. The fourth-order valence-corrected chi connectivity index (χ4v) is 4.04. The molecule has 0 aliphatic heterocycles. The fourth-order valence-electron chi connectivity index (χ4n) is 3.22. The van der Waals surface area contributed by atoms with Gasteiger partial charge >= 0.3 is 0 Å². The van der Waals surface area contributed by atoms with Crippen molar-refractivity contribution in [3.05, 3.63) is 33.8 Å². The van der Waals surface area contributed by atoms with Crippen LogP contribution >= 0.6 is 15.9 Å². The van der Waals surface area contributed by atoms with Crippen LogP contribution in [0.3, 0.4) is 0 Å². The minimum Gasteiger partial charge on any atom is -0.0609 e. The predicted molar refractivity (Wildman–Crippen MR) is 62.6 cm³/mol. The Morgan fingerprint density at radius 1 is 1.07 bits per heavy atom. The smallest absolute Gasteiger partial charge is 0.0215 e. The van der Waals surface area contributed by atoms with Crippen molar-refractivity contribution in [1.82, 2.24) is 0 Å². The van der Waals surface area contributed by atoms with E-state index in [0.717, 1.165) is 0 Å². The molecule has 1 spiro atoms. The van der Waals surface area contributed by atoms with Crippen LogP contribution in [0.4, 0.5) is 0 Å². The van der Waals surface area contributed by atoms with Gasteiger partial charge in [0.25, 0.3) is 0 Å². The highest BCUT2D eigenvalue weighted by Crippen LogP contribution is 2.53. The zero-order chi connectivity index (χ0) is 9.60. The molecule has 0 N–H and O–H groups in total. The molecule has 0 radical (unpaired) electrons. The molecule has 1 saturated carbocycles. The predicted octanol–water partition coefficient (Wildman–Crippen LogP) is 4.21. The van der Waals surface area contributed by atoms with E-state index >= 15 is 0 Å². The molecule has 1 aromatic carbocycles. The number of fused-ring (bicyclic) bond motifs is 2. The van der Waals surface area contributed by atoms with Gasteiger partial charge in [-0.05, 0) is 54.7 Å². The lowest BCUT2D eigenvalue weighted by molar-refractivity contribution is 0.207. The topological polar surface area (TPSA) is 0 Å². The third kappa shape index (κ3) is 1.11. The quantitative estimate of drug-likeness (QED) is 0.648. The molecule has 0 aromatic heterocycles. The third-order valence-corrected chi connectivity index (χ3v) is 4.70. The van der Waals surface area contributed by atoms with Gasteiger partial charge in [-0.1, -0.05) is 34.5 Å². The Balaban J connectivity index is 2.17. The summed E-state index contributed by atoms with van der Waals surface area (Å²) < 4.78 is 1.36. The Hall–Kier alpha value is -0.300. The first-order valence-electron chi connectivity index (χ1n) is 5.60. The monoisotopic (exact) mass is 250 g/mol. The molecule has 2 aliphatic rings. The van der Waals surface area contributed by atoms with Crippen molar-refractivity contribution in [2.75, 3.05) is 0 Å². The number of benzene rings is 1. The summed E-state index contributed by atoms with van der Waals surface area (Å²) in [7, 11) is 0. The molecule has 0 amide bonds. The summed E-state index contributed by atoms with van der Waals surface area (Å²) in [6, 6.07) is 6.71. The van der Waals surface area contributed by atoms with Crippen molar-refractivity contribution in [3.63, 3.8) is 0 Å². The van der Waals surface area contributed by atoms with Gasteiger partial charge in [0.15, 0.2) is 0 Å². The molecule has 2 aliphatic carbocycles. The van der Waals surface area contributed by atoms with Crippen LogP contribution in [0.15, 0.2) is 22.7 Å². The molecule has 14 heavy (non-hydrogen) atoms. The molecular formula is C13H15Br. The van der Waals surface area contributed by atoms with Crippen LogP contribution in [0.2, 0.25) is 0 Å². The van der Waals surface area contributed by atoms with Crippen LogP contribution in [0.5, 0.6) is 0 Å². The van der Waals surface area contributed by atoms with Gasteiger partial charge in [-0.2, -0.15) is 0 Å². The minimum atomic E-state index is 0.577. The zero-order valence-electron chi connectivity index (χ0n) is 8.35. The maximum absolute atomic E-state index is 3.73. The zero-order valence-corrected chi connectivity index (χ0v) is 9.94. The number of rotatable bonds is 0. The van der Waals surface area contributed by atoms with Crippen LogP contribution in [-0.2, 0) is 11.8 Å². The second-order valence-electron chi connectivity index (χ2n) is 4.76. The van der Waals surface area contributed by atoms with Gasteiger partial charge in [0.2, 0.25) is 0 Å². The van der Waals surface area contributed by atoms with Gasteiger partial charge in [-0.3, -0.25) is 0 Å². The molecule has 1 aromatic rings. The first-order valence-corrected chi connectivity index (χ1v) is 6.39. The molecule has 0 heterocycles. The highest BCUT2D eigenvalue weighted by molar-refractivity contribution is 9.10. The van der Waals surface area contributed by atoms with Gasteiger partial charge in [0, 0.05) is 4.47 Å². The molecule has 1 fully saturated rings. The van der Waals surface area contributed by atoms with Crippen molar-refractivity contribution in [3.8, 4) is 0 Å². The molecule has 0 atom stereocenters. The number of hydrogen-bond acceptors (Lipinski definition) is 0. The van der Waals surface area contributed by atoms with Crippen molar-refractivity contribution in [2.45, 2.75) is 43.9 Å². The van der Waals surface area contributed by atoms with Gasteiger partial charge in [0.05, 0.1) is 0 Å². The molecule has 0 nitrogen and oxygen atoms in total. The fraction of sp³-hybridized carbons (Fsp3) is 0.538. The molecule has 0 unspecified atom stereocenters. The van der Waals surface area contributed by atoms with Crippen LogP contribution < -0.4 is 0 Å². The highest BCUT2D eigenvalue weighted by atomic mass is 79.9. The lowest BCUT2D eigenvalue weighted by Crippen LogP contribution is -2.37. The van der Waals surface area contributed by atoms with E-state index in [-0.39, 0.29) is 0 Å². The van der Waals surface area contributed by atoms with Crippen LogP contribution in [0, 0.1) is 0 Å². The van der Waals surface area contributed by atoms with E-state index in [1.165, 1.54) is 43.0 Å². The average Bonchev–Trinajstić information content (AvgIpc) is 2.15. The third-order valence-electron chi connectivity index (χ3n) is 4.04. The van der Waals surface area contributed by atoms with E-state index in [0.29, 0.717) is 5.41 Å². The Kier molecular flexibility index (Phi) is 1.98. The van der Waals surface area contributed by atoms with Crippen LogP contribution in [0.1, 0.15) is 43.2 Å². The molecule has 74 valence electrons. The van der Waals surface area contributed by atoms with Crippen molar-refractivity contribution >= 4 is 15.9 Å². The van der Waals surface area contributed by atoms with E-state index in [1.54, 1.807) is 11.1 Å². The van der Waals surface area contributed by atoms with Crippen molar-refractivity contribution < 1.29 is 0 Å². The summed E-state index contributed by atoms with van der Waals surface area (Å²) in [5, 5.41) is 0. The molecule has 1 heteroatoms. The van der Waals surface area contributed by atoms with Crippen molar-refractivity contribution in [2.24, 2.45) is 0 Å². The largest absolute Gasteiger partial charge is 0.0609 e. The molecular weight excluding hydrogens is 236 g/mol. The van der Waals surface area contributed by atoms with E-state index in [9.17, 15) is 0 Å². The lowest BCUT2D eigenvalue weighted by Gasteiger charge is -2.47. The summed E-state index contributed by atoms with van der Waals surface area (Å²) in [4.78, 5) is 0. The number of halogens is 1. The van der Waals surface area contributed by atoms with Crippen LogP contribution in [0.25, 0.3) is 0 Å². The van der Waals surface area contributed by atoms with Gasteiger partial charge in [-0.25, -0.2) is 0 Å². The number of hydrogen-bond donors (Lipinski definition) is 0. The first-order chi connectivity index (χ1) is 6.82. The summed E-state index contributed by atoms with van der Waals surface area (Å²) in [6.07, 6.45) is 8.37. The van der Waals surface area contributed by atoms with E-state index in [2.05, 4.69) is 34.1 Å². The van der Waals surface area contributed by atoms with Gasteiger partial charge in [0.1, 0.15) is 0 Å².